The highest BCUT2D eigenvalue weighted by atomic mass is 32.1. The van der Waals surface area contributed by atoms with Crippen LogP contribution in [0.4, 0.5) is 0 Å². The maximum atomic E-state index is 9.04. The van der Waals surface area contributed by atoms with Crippen molar-refractivity contribution < 1.29 is 5.11 Å². The Hall–Kier alpha value is -0.450. The Morgan fingerprint density at radius 3 is 3.11 bits per heavy atom. The van der Waals surface area contributed by atoms with Gasteiger partial charge in [-0.05, 0) is 0 Å². The van der Waals surface area contributed by atoms with E-state index in [1.165, 1.54) is 11.3 Å². The number of hydrogen-bond acceptors (Lipinski definition) is 4. The first-order valence-corrected chi connectivity index (χ1v) is 3.50. The molecule has 0 saturated heterocycles. The largest absolute Gasteiger partial charge is 0.385 e. The Bertz CT molecular complexity index is 163. The molecule has 0 aliphatic carbocycles. The lowest BCUT2D eigenvalue weighted by Gasteiger charge is -1.99. The lowest BCUT2D eigenvalue weighted by Crippen LogP contribution is -2.10. The van der Waals surface area contributed by atoms with Crippen molar-refractivity contribution in [1.82, 2.24) is 4.98 Å². The van der Waals surface area contributed by atoms with Crippen molar-refractivity contribution in [1.29, 1.82) is 0 Å². The highest BCUT2D eigenvalue weighted by Crippen LogP contribution is 2.12. The maximum Gasteiger partial charge on any atom is 0.122 e. The van der Waals surface area contributed by atoms with E-state index in [0.717, 1.165) is 0 Å². The number of hydrogen-bond donors (Lipinski definition) is 2. The second-order valence-electron chi connectivity index (χ2n) is 1.62. The molecular weight excluding hydrogens is 136 g/mol. The Labute approximate surface area is 57.2 Å². The minimum atomic E-state index is -0.579. The Balaban J connectivity index is 2.65. The van der Waals surface area contributed by atoms with Crippen LogP contribution in [0.5, 0.6) is 0 Å². The van der Waals surface area contributed by atoms with E-state index < -0.39 is 6.10 Å². The van der Waals surface area contributed by atoms with Gasteiger partial charge in [-0.15, -0.1) is 11.3 Å². The first kappa shape index (κ1) is 6.67. The fourth-order valence-corrected chi connectivity index (χ4v) is 1.14. The molecule has 1 atom stereocenters. The van der Waals surface area contributed by atoms with E-state index >= 15 is 0 Å². The molecule has 0 radical (unpaired) electrons. The van der Waals surface area contributed by atoms with Gasteiger partial charge in [-0.25, -0.2) is 4.98 Å². The minimum absolute atomic E-state index is 0.244. The van der Waals surface area contributed by atoms with Gasteiger partial charge in [-0.2, -0.15) is 0 Å². The number of nitrogens with zero attached hydrogens (tertiary/aromatic N) is 1. The average Bonchev–Trinajstić information content (AvgIpc) is 2.37. The van der Waals surface area contributed by atoms with Gasteiger partial charge in [0, 0.05) is 18.1 Å². The van der Waals surface area contributed by atoms with Crippen LogP contribution in [0.15, 0.2) is 11.6 Å². The van der Waals surface area contributed by atoms with Gasteiger partial charge in [0.2, 0.25) is 0 Å². The Morgan fingerprint density at radius 2 is 2.67 bits per heavy atom. The van der Waals surface area contributed by atoms with Crippen LogP contribution in [0.3, 0.4) is 0 Å². The van der Waals surface area contributed by atoms with E-state index in [1.807, 2.05) is 5.38 Å². The van der Waals surface area contributed by atoms with Gasteiger partial charge in [-0.3, -0.25) is 0 Å². The molecule has 0 aromatic carbocycles. The van der Waals surface area contributed by atoms with E-state index in [4.69, 9.17) is 10.8 Å². The van der Waals surface area contributed by atoms with Crippen molar-refractivity contribution in [2.75, 3.05) is 6.54 Å². The van der Waals surface area contributed by atoms with E-state index in [1.54, 1.807) is 6.20 Å². The summed E-state index contributed by atoms with van der Waals surface area (Å²) in [6.45, 7) is 0.244. The third-order valence-electron chi connectivity index (χ3n) is 0.960. The number of aliphatic hydroxyl groups is 1. The van der Waals surface area contributed by atoms with Gasteiger partial charge in [0.15, 0.2) is 0 Å². The molecule has 0 unspecified atom stereocenters. The molecule has 0 spiro atoms. The summed E-state index contributed by atoms with van der Waals surface area (Å²) in [4.78, 5) is 3.88. The van der Waals surface area contributed by atoms with E-state index in [9.17, 15) is 0 Å². The number of aromatic nitrogens is 1. The predicted octanol–water partition coefficient (Wildman–Crippen LogP) is 0.135. The zero-order valence-corrected chi connectivity index (χ0v) is 5.64. The predicted molar refractivity (Wildman–Crippen MR) is 36.1 cm³/mol. The summed E-state index contributed by atoms with van der Waals surface area (Å²) in [5.41, 5.74) is 5.18. The number of aliphatic hydroxyl groups excluding tert-OH is 1. The quantitative estimate of drug-likeness (QED) is 0.620. The molecule has 0 bridgehead atoms. The summed E-state index contributed by atoms with van der Waals surface area (Å²) in [5.74, 6) is 0. The summed E-state index contributed by atoms with van der Waals surface area (Å²) in [7, 11) is 0. The van der Waals surface area contributed by atoms with Crippen molar-refractivity contribution in [3.05, 3.63) is 16.6 Å². The smallest absolute Gasteiger partial charge is 0.122 e. The lowest BCUT2D eigenvalue weighted by atomic mass is 10.4. The van der Waals surface area contributed by atoms with Gasteiger partial charge in [-0.1, -0.05) is 0 Å². The highest BCUT2D eigenvalue weighted by molar-refractivity contribution is 7.09. The first-order valence-electron chi connectivity index (χ1n) is 2.62. The third kappa shape index (κ3) is 1.48. The topological polar surface area (TPSA) is 59.1 Å². The van der Waals surface area contributed by atoms with E-state index in [0.29, 0.717) is 5.01 Å². The van der Waals surface area contributed by atoms with Gasteiger partial charge in [0.1, 0.15) is 11.1 Å². The maximum absolute atomic E-state index is 9.04. The average molecular weight is 144 g/mol. The second-order valence-corrected chi connectivity index (χ2v) is 2.55. The van der Waals surface area contributed by atoms with E-state index in [-0.39, 0.29) is 6.54 Å². The first-order chi connectivity index (χ1) is 4.34. The molecule has 0 aliphatic rings. The number of nitrogens with two attached hydrogens (primary N) is 1. The number of rotatable bonds is 2. The van der Waals surface area contributed by atoms with Gasteiger partial charge >= 0.3 is 0 Å². The molecule has 9 heavy (non-hydrogen) atoms. The molecule has 4 heteroatoms. The van der Waals surface area contributed by atoms with Crippen LogP contribution >= 0.6 is 11.3 Å². The summed E-state index contributed by atoms with van der Waals surface area (Å²) >= 11 is 1.41. The van der Waals surface area contributed by atoms with Gasteiger partial charge in [0.25, 0.3) is 0 Å². The minimum Gasteiger partial charge on any atom is -0.385 e. The van der Waals surface area contributed by atoms with Crippen LogP contribution in [0.1, 0.15) is 11.1 Å². The molecule has 3 N–H and O–H groups in total. The highest BCUT2D eigenvalue weighted by Gasteiger charge is 2.05. The summed E-state index contributed by atoms with van der Waals surface area (Å²) < 4.78 is 0. The van der Waals surface area contributed by atoms with Crippen molar-refractivity contribution in [2.24, 2.45) is 5.73 Å². The fraction of sp³-hybridized carbons (Fsp3) is 0.400. The molecule has 0 fully saturated rings. The van der Waals surface area contributed by atoms with Crippen LogP contribution in [-0.4, -0.2) is 16.6 Å². The van der Waals surface area contributed by atoms with Crippen LogP contribution in [0.2, 0.25) is 0 Å². The molecule has 0 aliphatic heterocycles. The lowest BCUT2D eigenvalue weighted by molar-refractivity contribution is 0.186. The summed E-state index contributed by atoms with van der Waals surface area (Å²) in [6.07, 6.45) is 1.07. The van der Waals surface area contributed by atoms with Crippen LogP contribution in [0.25, 0.3) is 0 Å². The molecule has 1 heterocycles. The van der Waals surface area contributed by atoms with Crippen molar-refractivity contribution in [3.63, 3.8) is 0 Å². The van der Waals surface area contributed by atoms with Gasteiger partial charge in [0.05, 0.1) is 0 Å². The molecule has 1 rings (SSSR count). The van der Waals surface area contributed by atoms with E-state index in [2.05, 4.69) is 4.98 Å². The van der Waals surface area contributed by atoms with Crippen LogP contribution in [-0.2, 0) is 0 Å². The SMILES string of the molecule is NC[C@@H](O)c1nccs1. The number of thiazole rings is 1. The molecule has 0 saturated carbocycles. The van der Waals surface area contributed by atoms with Crippen LogP contribution in [0, 0.1) is 0 Å². The third-order valence-corrected chi connectivity index (χ3v) is 1.84. The summed E-state index contributed by atoms with van der Waals surface area (Å²) in [5, 5.41) is 11.5. The molecule has 1 aromatic heterocycles. The monoisotopic (exact) mass is 144 g/mol. The van der Waals surface area contributed by atoms with Crippen LogP contribution < -0.4 is 5.73 Å². The molecule has 50 valence electrons. The molecule has 0 amide bonds. The van der Waals surface area contributed by atoms with Gasteiger partial charge < -0.3 is 10.8 Å². The molecular formula is C5H8N2OS. The zero-order valence-electron chi connectivity index (χ0n) is 4.82. The fourth-order valence-electron chi connectivity index (χ4n) is 0.500. The van der Waals surface area contributed by atoms with Crippen molar-refractivity contribution in [2.45, 2.75) is 6.10 Å². The Kier molecular flexibility index (Phi) is 2.16. The molecule has 3 nitrogen and oxygen atoms in total. The second kappa shape index (κ2) is 2.91. The summed E-state index contributed by atoms with van der Waals surface area (Å²) in [6, 6.07) is 0. The van der Waals surface area contributed by atoms with Crippen molar-refractivity contribution >= 4 is 11.3 Å². The zero-order chi connectivity index (χ0) is 6.69. The Morgan fingerprint density at radius 1 is 1.89 bits per heavy atom. The van der Waals surface area contributed by atoms with Crippen molar-refractivity contribution in [3.8, 4) is 0 Å². The standard InChI is InChI=1S/C5H8N2OS/c6-3-4(8)5-7-1-2-9-5/h1-2,4,8H,3,6H2/t4-/m1/s1. The normalized spacial score (nSPS) is 13.6. The molecule has 1 aromatic rings.